The fourth-order valence-electron chi connectivity index (χ4n) is 11.5. The van der Waals surface area contributed by atoms with Gasteiger partial charge in [-0.15, -0.1) is 0 Å². The van der Waals surface area contributed by atoms with E-state index in [4.69, 9.17) is 22.6 Å². The second-order valence-corrected chi connectivity index (χ2v) is 16.6. The van der Waals surface area contributed by atoms with E-state index in [-0.39, 0.29) is 25.0 Å². The number of ether oxygens (including phenoxy) is 3. The SMILES string of the molecule is CCN1C[C@]2(C)CC[C@H](OC)[C@]34[C@@H]2[C@H](O)[C@]2(OCO[C@@]25C[C@H](OS(C)(=O)=O)[C@H]2C[C@]3(O)[C@@H]5[C@H]2OS(C)(=O)=O)[C@@H]14. The third-order valence-corrected chi connectivity index (χ3v) is 13.1. The number of nitrogens with zero attached hydrogens (tertiary/aromatic N) is 1. The van der Waals surface area contributed by atoms with E-state index in [1.54, 1.807) is 7.11 Å². The molecule has 7 rings (SSSR count). The van der Waals surface area contributed by atoms with E-state index in [0.717, 1.165) is 18.9 Å². The van der Waals surface area contributed by atoms with Gasteiger partial charge in [0.25, 0.3) is 20.2 Å². The molecule has 7 fully saturated rings. The Labute approximate surface area is 229 Å². The molecular weight excluding hydrogens is 554 g/mol. The lowest BCUT2D eigenvalue weighted by Gasteiger charge is -2.72. The molecule has 7 bridgehead atoms. The Morgan fingerprint density at radius 2 is 1.74 bits per heavy atom. The van der Waals surface area contributed by atoms with Gasteiger partial charge in [0.2, 0.25) is 0 Å². The van der Waals surface area contributed by atoms with Gasteiger partial charge in [0.15, 0.2) is 0 Å². The monoisotopic (exact) mass is 593 g/mol. The lowest BCUT2D eigenvalue weighted by Crippen LogP contribution is -2.85. The summed E-state index contributed by atoms with van der Waals surface area (Å²) in [6.45, 7) is 5.30. The molecule has 0 aromatic heterocycles. The maximum absolute atomic E-state index is 13.3. The van der Waals surface area contributed by atoms with Crippen molar-refractivity contribution < 1.29 is 49.6 Å². The molecular formula is C25H39NO11S2. The van der Waals surface area contributed by atoms with Gasteiger partial charge >= 0.3 is 0 Å². The van der Waals surface area contributed by atoms with Crippen LogP contribution in [-0.4, -0.2) is 119 Å². The summed E-state index contributed by atoms with van der Waals surface area (Å²) < 4.78 is 80.8. The predicted octanol–water partition coefficient (Wildman–Crippen LogP) is -0.561. The van der Waals surface area contributed by atoms with Crippen molar-refractivity contribution >= 4 is 20.2 Å². The fourth-order valence-corrected chi connectivity index (χ4v) is 12.9. The third-order valence-electron chi connectivity index (χ3n) is 11.9. The number of piperidine rings is 1. The summed E-state index contributed by atoms with van der Waals surface area (Å²) in [5.74, 6) is -2.12. The maximum atomic E-state index is 13.3. The highest BCUT2D eigenvalue weighted by molar-refractivity contribution is 7.86. The van der Waals surface area contributed by atoms with Gasteiger partial charge in [-0.25, -0.2) is 0 Å². The molecule has 12 nitrogen and oxygen atoms in total. The van der Waals surface area contributed by atoms with Crippen LogP contribution >= 0.6 is 0 Å². The summed E-state index contributed by atoms with van der Waals surface area (Å²) in [7, 11) is -6.41. The van der Waals surface area contributed by atoms with Gasteiger partial charge in [-0.2, -0.15) is 16.8 Å². The van der Waals surface area contributed by atoms with E-state index in [1.165, 1.54) is 0 Å². The second-order valence-electron chi connectivity index (χ2n) is 13.4. The van der Waals surface area contributed by atoms with Crippen molar-refractivity contribution in [1.82, 2.24) is 4.90 Å². The summed E-state index contributed by atoms with van der Waals surface area (Å²) in [5, 5.41) is 25.8. The molecule has 2 N–H and O–H groups in total. The van der Waals surface area contributed by atoms with Crippen molar-refractivity contribution in [2.24, 2.45) is 28.6 Å². The van der Waals surface area contributed by atoms with E-state index in [0.29, 0.717) is 19.5 Å². The van der Waals surface area contributed by atoms with Gasteiger partial charge in [0.1, 0.15) is 18.0 Å². The molecule has 2 heterocycles. The summed E-state index contributed by atoms with van der Waals surface area (Å²) in [4.78, 5) is 2.27. The molecule has 0 aromatic rings. The van der Waals surface area contributed by atoms with E-state index in [2.05, 4.69) is 11.8 Å². The maximum Gasteiger partial charge on any atom is 0.264 e. The van der Waals surface area contributed by atoms with Crippen molar-refractivity contribution in [1.29, 1.82) is 0 Å². The molecule has 5 saturated carbocycles. The molecule has 39 heavy (non-hydrogen) atoms. The number of aliphatic hydroxyl groups excluding tert-OH is 1. The Balaban J connectivity index is 1.56. The first-order chi connectivity index (χ1) is 18.1. The largest absolute Gasteiger partial charge is 0.390 e. The molecule has 13 atom stereocenters. The Hall–Kier alpha value is -0.420. The van der Waals surface area contributed by atoms with Crippen molar-refractivity contribution in [3.05, 3.63) is 0 Å². The molecule has 2 saturated heterocycles. The summed E-state index contributed by atoms with van der Waals surface area (Å²) in [5.41, 5.74) is -5.94. The van der Waals surface area contributed by atoms with Gasteiger partial charge in [0.05, 0.1) is 54.0 Å². The Kier molecular flexibility index (Phi) is 5.44. The van der Waals surface area contributed by atoms with Crippen molar-refractivity contribution in [3.63, 3.8) is 0 Å². The number of hydrogen-bond acceptors (Lipinski definition) is 12. The van der Waals surface area contributed by atoms with Crippen molar-refractivity contribution in [3.8, 4) is 0 Å². The smallest absolute Gasteiger partial charge is 0.264 e. The highest BCUT2D eigenvalue weighted by atomic mass is 32.2. The van der Waals surface area contributed by atoms with Crippen LogP contribution in [0.15, 0.2) is 0 Å². The molecule has 0 aromatic carbocycles. The number of hydrogen-bond donors (Lipinski definition) is 2. The van der Waals surface area contributed by atoms with Crippen LogP contribution in [0.1, 0.15) is 39.5 Å². The highest BCUT2D eigenvalue weighted by Crippen LogP contribution is 2.83. The van der Waals surface area contributed by atoms with Gasteiger partial charge in [-0.05, 0) is 31.2 Å². The summed E-state index contributed by atoms with van der Waals surface area (Å²) in [6, 6.07) is -0.522. The summed E-state index contributed by atoms with van der Waals surface area (Å²) >= 11 is 0. The van der Waals surface area contributed by atoms with Gasteiger partial charge in [0, 0.05) is 37.8 Å². The highest BCUT2D eigenvalue weighted by Gasteiger charge is 2.97. The minimum atomic E-state index is -4.04. The number of likely N-dealkylation sites (tertiary alicyclic amines) is 1. The van der Waals surface area contributed by atoms with E-state index in [1.807, 2.05) is 6.92 Å². The van der Waals surface area contributed by atoms with Crippen molar-refractivity contribution in [2.45, 2.75) is 86.8 Å². The van der Waals surface area contributed by atoms with Crippen LogP contribution in [0.3, 0.4) is 0 Å². The first-order valence-corrected chi connectivity index (χ1v) is 17.4. The van der Waals surface area contributed by atoms with Crippen LogP contribution in [-0.2, 0) is 42.8 Å². The van der Waals surface area contributed by atoms with Crippen molar-refractivity contribution in [2.75, 3.05) is 39.5 Å². The number of methoxy groups -OCH3 is 1. The van der Waals surface area contributed by atoms with Crippen LogP contribution in [0.4, 0.5) is 0 Å². The molecule has 0 amide bonds. The molecule has 0 unspecified atom stereocenters. The van der Waals surface area contributed by atoms with Gasteiger partial charge < -0.3 is 24.4 Å². The molecule has 14 heteroatoms. The van der Waals surface area contributed by atoms with Crippen LogP contribution in [0.2, 0.25) is 0 Å². The summed E-state index contributed by atoms with van der Waals surface area (Å²) in [6.07, 6.45) is -0.422. The number of likely N-dealkylation sites (N-methyl/N-ethyl adjacent to an activating group) is 1. The zero-order chi connectivity index (χ0) is 28.2. The lowest BCUT2D eigenvalue weighted by molar-refractivity contribution is -0.329. The standard InChI is InChI=1S/C25H39NO11S2/c1-6-26-11-21(2)8-7-15(33-3)24-18(21)19(27)25(20(24)26)23(34-12-35-25)10-14(36-38(4,29)30)13-9-22(24,28)17(23)16(13)37-39(5,31)32/h13-20,27-28H,6-12H2,1-5H3/t13-,14+,15+,16+,17+,18-,19+,20+,21+,22+,23-,24-,25+/m1/s1. The average Bonchev–Trinajstić information content (AvgIpc) is 3.34. The first-order valence-electron chi connectivity index (χ1n) is 13.8. The molecule has 0 radical (unpaired) electrons. The molecule has 5 aliphatic carbocycles. The number of fused-ring (bicyclic) bond motifs is 1. The normalized spacial score (nSPS) is 57.5. The average molecular weight is 594 g/mol. The molecule has 222 valence electrons. The van der Waals surface area contributed by atoms with Crippen LogP contribution in [0, 0.1) is 28.6 Å². The quantitative estimate of drug-likeness (QED) is 0.379. The van der Waals surface area contributed by atoms with E-state index >= 15 is 0 Å². The Bertz CT molecular complexity index is 1310. The first kappa shape index (κ1) is 27.4. The molecule has 2 aliphatic heterocycles. The van der Waals surface area contributed by atoms with Crippen LogP contribution in [0.5, 0.6) is 0 Å². The van der Waals surface area contributed by atoms with Crippen LogP contribution < -0.4 is 0 Å². The predicted molar refractivity (Wildman–Crippen MR) is 134 cm³/mol. The van der Waals surface area contributed by atoms with E-state index in [9.17, 15) is 27.0 Å². The van der Waals surface area contributed by atoms with Crippen LogP contribution in [0.25, 0.3) is 0 Å². The Morgan fingerprint density at radius 1 is 1.05 bits per heavy atom. The van der Waals surface area contributed by atoms with Gasteiger partial charge in [-0.3, -0.25) is 13.3 Å². The zero-order valence-electron chi connectivity index (χ0n) is 22.9. The second kappa shape index (κ2) is 7.74. The lowest BCUT2D eigenvalue weighted by atomic mass is 9.41. The zero-order valence-corrected chi connectivity index (χ0v) is 24.5. The van der Waals surface area contributed by atoms with Gasteiger partial charge in [-0.1, -0.05) is 13.8 Å². The minimum absolute atomic E-state index is 0.00358. The van der Waals surface area contributed by atoms with E-state index < -0.39 is 90.7 Å². The fraction of sp³-hybridized carbons (Fsp3) is 1.00. The Morgan fingerprint density at radius 3 is 2.36 bits per heavy atom. The number of aliphatic hydroxyl groups is 2. The topological polar surface area (TPSA) is 158 Å². The molecule has 7 aliphatic rings. The minimum Gasteiger partial charge on any atom is -0.390 e. The molecule has 3 spiro atoms. The third kappa shape index (κ3) is 2.88. The number of rotatable bonds is 6.